The fourth-order valence-corrected chi connectivity index (χ4v) is 4.96. The fraction of sp³-hybridized carbons (Fsp3) is 0.259. The smallest absolute Gasteiger partial charge is 0.328 e. The molecule has 1 fully saturated rings. The van der Waals surface area contributed by atoms with Crippen LogP contribution in [0.15, 0.2) is 63.1 Å². The molecular weight excluding hydrogens is 574 g/mol. The molecule has 0 radical (unpaired) electrons. The Balaban J connectivity index is 0.00000108. The minimum absolute atomic E-state index is 0.125. The van der Waals surface area contributed by atoms with Gasteiger partial charge in [-0.2, -0.15) is 0 Å². The summed E-state index contributed by atoms with van der Waals surface area (Å²) in [5, 5.41) is 23.0. The average Bonchev–Trinajstić information content (AvgIpc) is 3.20. The lowest BCUT2D eigenvalue weighted by molar-refractivity contribution is -0.134. The van der Waals surface area contributed by atoms with Crippen LogP contribution in [0, 0.1) is 0 Å². The Morgan fingerprint density at radius 3 is 2.29 bits per heavy atom. The van der Waals surface area contributed by atoms with Crippen molar-refractivity contribution in [3.8, 4) is 5.88 Å². The minimum atomic E-state index is -1.04. The predicted octanol–water partition coefficient (Wildman–Crippen LogP) is 3.34. The van der Waals surface area contributed by atoms with Crippen LogP contribution in [-0.2, 0) is 14.4 Å². The number of nitrogens with one attached hydrogen (secondary N) is 4. The largest absolute Gasteiger partial charge is 0.494 e. The molecule has 41 heavy (non-hydrogen) atoms. The van der Waals surface area contributed by atoms with E-state index in [1.807, 2.05) is 26.0 Å². The van der Waals surface area contributed by atoms with E-state index in [1.54, 1.807) is 36.4 Å². The molecule has 0 saturated carbocycles. The highest BCUT2D eigenvalue weighted by molar-refractivity contribution is 8.15. The van der Waals surface area contributed by atoms with Gasteiger partial charge in [0.15, 0.2) is 5.17 Å². The molecule has 2 unspecified atom stereocenters. The Hall–Kier alpha value is -4.36. The van der Waals surface area contributed by atoms with Gasteiger partial charge in [0, 0.05) is 24.1 Å². The van der Waals surface area contributed by atoms with Gasteiger partial charge in [0.1, 0.15) is 16.9 Å². The van der Waals surface area contributed by atoms with Gasteiger partial charge in [-0.3, -0.25) is 29.1 Å². The Bertz CT molecular complexity index is 1580. The molecule has 0 aliphatic carbocycles. The molecule has 1 saturated heterocycles. The molecule has 3 aromatic rings. The highest BCUT2D eigenvalue weighted by atomic mass is 35.5. The second-order valence-electron chi connectivity index (χ2n) is 9.21. The van der Waals surface area contributed by atoms with Gasteiger partial charge in [-0.25, -0.2) is 9.79 Å². The van der Waals surface area contributed by atoms with Crippen molar-refractivity contribution in [3.63, 3.8) is 0 Å². The second kappa shape index (κ2) is 13.8. The van der Waals surface area contributed by atoms with Crippen LogP contribution in [-0.4, -0.2) is 48.4 Å². The summed E-state index contributed by atoms with van der Waals surface area (Å²) >= 11 is 6.99. The zero-order valence-electron chi connectivity index (χ0n) is 22.2. The number of aromatic nitrogens is 2. The Kier molecular flexibility index (Phi) is 10.5. The highest BCUT2D eigenvalue weighted by Crippen LogP contribution is 2.32. The maximum Gasteiger partial charge on any atom is 0.328 e. The number of aromatic amines is 2. The van der Waals surface area contributed by atoms with Crippen LogP contribution in [0.1, 0.15) is 55.8 Å². The van der Waals surface area contributed by atoms with Crippen LogP contribution in [0.25, 0.3) is 0 Å². The van der Waals surface area contributed by atoms with Crippen LogP contribution < -0.4 is 21.9 Å². The first kappa shape index (κ1) is 31.2. The van der Waals surface area contributed by atoms with E-state index < -0.39 is 40.3 Å². The first-order valence-corrected chi connectivity index (χ1v) is 13.6. The third-order valence-corrected chi connectivity index (χ3v) is 6.98. The Morgan fingerprint density at radius 2 is 1.71 bits per heavy atom. The van der Waals surface area contributed by atoms with Crippen molar-refractivity contribution in [3.05, 3.63) is 91.1 Å². The predicted molar refractivity (Wildman–Crippen MR) is 157 cm³/mol. The van der Waals surface area contributed by atoms with Crippen LogP contribution in [0.5, 0.6) is 5.88 Å². The maximum absolute atomic E-state index is 12.6. The highest BCUT2D eigenvalue weighted by Gasteiger charge is 2.34. The van der Waals surface area contributed by atoms with Crippen LogP contribution in [0.3, 0.4) is 0 Å². The number of anilines is 1. The lowest BCUT2D eigenvalue weighted by Gasteiger charge is -2.15. The zero-order chi connectivity index (χ0) is 30.3. The topological polar surface area (TPSA) is 194 Å². The number of hydrogen-bond donors (Lipinski definition) is 6. The molecule has 216 valence electrons. The lowest BCUT2D eigenvalue weighted by atomic mass is 9.96. The van der Waals surface area contributed by atoms with Crippen molar-refractivity contribution in [2.24, 2.45) is 4.99 Å². The molecule has 1 aliphatic rings. The molecule has 2 amide bonds. The molecule has 12 nitrogen and oxygen atoms in total. The standard InChI is InChI=1S/C25H24ClN5O5S.C2H4O2/c1-12(2)13-6-8-14(9-7-13)20(19-22(34)29-24(36)30-23(19)35)28-25-31-21(33)17(37-25)11-18(32)27-16-5-3-4-15(26)10-16;1-2(3)4/h3-10,12,17,20H,11H2,1-2H3,(H,27,32)(H,28,31,33)(H3,29,30,34,35,36);1H3,(H,3,4). The van der Waals surface area contributed by atoms with Gasteiger partial charge < -0.3 is 20.8 Å². The first-order valence-electron chi connectivity index (χ1n) is 12.3. The van der Waals surface area contributed by atoms with Crippen molar-refractivity contribution >= 4 is 52.0 Å². The number of aliphatic imine (C=N–C) groups is 1. The van der Waals surface area contributed by atoms with E-state index in [9.17, 15) is 24.3 Å². The molecule has 2 aromatic carbocycles. The number of carbonyl (C=O) groups is 3. The maximum atomic E-state index is 12.6. The number of benzene rings is 2. The SMILES string of the molecule is CC(=O)O.CC(C)c1ccc(C(N=C2NC(=O)C(CC(=O)Nc3cccc(Cl)c3)S2)c2c(O)[nH]c(=O)[nH]c2=O)cc1. The third kappa shape index (κ3) is 8.82. The van der Waals surface area contributed by atoms with E-state index >= 15 is 0 Å². The summed E-state index contributed by atoms with van der Waals surface area (Å²) in [7, 11) is 0. The van der Waals surface area contributed by atoms with Crippen molar-refractivity contribution in [2.45, 2.75) is 44.4 Å². The number of aliphatic carboxylic acids is 1. The van der Waals surface area contributed by atoms with E-state index in [1.165, 1.54) is 0 Å². The number of carboxylic acid groups (broad SMARTS) is 1. The van der Waals surface area contributed by atoms with Gasteiger partial charge in [-0.05, 0) is 35.2 Å². The van der Waals surface area contributed by atoms with Gasteiger partial charge in [0.25, 0.3) is 11.5 Å². The van der Waals surface area contributed by atoms with Crippen LogP contribution in [0.2, 0.25) is 5.02 Å². The molecule has 4 rings (SSSR count). The number of rotatable bonds is 7. The molecule has 2 heterocycles. The molecule has 0 spiro atoms. The molecule has 1 aliphatic heterocycles. The number of carbonyl (C=O) groups excluding carboxylic acids is 2. The summed E-state index contributed by atoms with van der Waals surface area (Å²) in [6.45, 7) is 5.16. The number of amidine groups is 1. The van der Waals surface area contributed by atoms with Crippen molar-refractivity contribution in [1.82, 2.24) is 15.3 Å². The molecule has 1 aromatic heterocycles. The van der Waals surface area contributed by atoms with E-state index in [-0.39, 0.29) is 29.0 Å². The average molecular weight is 602 g/mol. The number of carboxylic acids is 1. The first-order chi connectivity index (χ1) is 19.3. The summed E-state index contributed by atoms with van der Waals surface area (Å²) in [5.74, 6) is -1.99. The third-order valence-electron chi connectivity index (χ3n) is 5.65. The molecule has 0 bridgehead atoms. The summed E-state index contributed by atoms with van der Waals surface area (Å²) in [6, 6.07) is 12.9. The lowest BCUT2D eigenvalue weighted by Crippen LogP contribution is -2.29. The number of hydrogen-bond acceptors (Lipinski definition) is 8. The fourth-order valence-electron chi connectivity index (χ4n) is 3.77. The number of amides is 2. The van der Waals surface area contributed by atoms with Crippen molar-refractivity contribution < 1.29 is 24.6 Å². The summed E-state index contributed by atoms with van der Waals surface area (Å²) in [5.41, 5.74) is 0.275. The van der Waals surface area contributed by atoms with Crippen molar-refractivity contribution in [1.29, 1.82) is 0 Å². The van der Waals surface area contributed by atoms with Gasteiger partial charge in [-0.15, -0.1) is 0 Å². The number of nitrogens with zero attached hydrogens (tertiary/aromatic N) is 1. The second-order valence-corrected chi connectivity index (χ2v) is 10.8. The van der Waals surface area contributed by atoms with Gasteiger partial charge in [0.2, 0.25) is 17.7 Å². The summed E-state index contributed by atoms with van der Waals surface area (Å²) < 4.78 is 0. The molecule has 14 heteroatoms. The van der Waals surface area contributed by atoms with Crippen LogP contribution in [0.4, 0.5) is 5.69 Å². The van der Waals surface area contributed by atoms with Crippen LogP contribution >= 0.6 is 23.4 Å². The Morgan fingerprint density at radius 1 is 1.07 bits per heavy atom. The monoisotopic (exact) mass is 601 g/mol. The summed E-state index contributed by atoms with van der Waals surface area (Å²) in [6.07, 6.45) is -0.125. The van der Waals surface area contributed by atoms with E-state index in [2.05, 4.69) is 25.6 Å². The molecular formula is C27H28ClN5O7S. The normalized spacial score (nSPS) is 16.1. The van der Waals surface area contributed by atoms with Gasteiger partial charge >= 0.3 is 5.69 Å². The van der Waals surface area contributed by atoms with Gasteiger partial charge in [0.05, 0.1) is 0 Å². The minimum Gasteiger partial charge on any atom is -0.494 e. The van der Waals surface area contributed by atoms with E-state index in [0.717, 1.165) is 24.2 Å². The number of thioether (sulfide) groups is 1. The number of halogens is 1. The zero-order valence-corrected chi connectivity index (χ0v) is 23.8. The molecule has 6 N–H and O–H groups in total. The Labute approximate surface area is 243 Å². The van der Waals surface area contributed by atoms with E-state index in [4.69, 9.17) is 21.5 Å². The number of aromatic hydroxyl groups is 1. The summed E-state index contributed by atoms with van der Waals surface area (Å²) in [4.78, 5) is 67.2. The van der Waals surface area contributed by atoms with E-state index in [0.29, 0.717) is 16.3 Å². The molecule has 2 atom stereocenters. The quantitative estimate of drug-likeness (QED) is 0.237. The van der Waals surface area contributed by atoms with Gasteiger partial charge in [-0.1, -0.05) is 67.5 Å². The number of H-pyrrole nitrogens is 2. The van der Waals surface area contributed by atoms with Crippen molar-refractivity contribution in [2.75, 3.05) is 5.32 Å².